The number of primary amides is 1. The number of hydrogen-bond donors (Lipinski definition) is 2. The van der Waals surface area contributed by atoms with Crippen molar-refractivity contribution in [3.8, 4) is 0 Å². The molecule has 22 heavy (non-hydrogen) atoms. The topological polar surface area (TPSA) is 71.2 Å². The smallest absolute Gasteiger partial charge is 0.251 e. The maximum Gasteiger partial charge on any atom is 0.251 e. The third-order valence-corrected chi connectivity index (χ3v) is 4.21. The third-order valence-electron chi connectivity index (χ3n) is 3.94. The van der Waals surface area contributed by atoms with Gasteiger partial charge in [-0.1, -0.05) is 29.8 Å². The molecule has 0 unspecified atom stereocenters. The number of fused-ring (bicyclic) bond motifs is 1. The molecule has 0 spiro atoms. The van der Waals surface area contributed by atoms with Gasteiger partial charge in [-0.25, -0.2) is 4.98 Å². The number of amides is 1. The number of benzene rings is 1. The largest absolute Gasteiger partial charge is 0.366 e. The number of nitrogens with two attached hydrogens (primary N) is 1. The van der Waals surface area contributed by atoms with Gasteiger partial charge in [0, 0.05) is 30.6 Å². The Morgan fingerprint density at radius 1 is 1.32 bits per heavy atom. The summed E-state index contributed by atoms with van der Waals surface area (Å²) in [6, 6.07) is 8.03. The van der Waals surface area contributed by atoms with Crippen LogP contribution in [0.25, 0.3) is 10.9 Å². The highest BCUT2D eigenvalue weighted by molar-refractivity contribution is 6.34. The van der Waals surface area contributed by atoms with Crippen molar-refractivity contribution in [3.63, 3.8) is 0 Å². The van der Waals surface area contributed by atoms with Crippen molar-refractivity contribution in [1.29, 1.82) is 0 Å². The number of rotatable bonds is 2. The van der Waals surface area contributed by atoms with Crippen LogP contribution in [-0.4, -0.2) is 36.1 Å². The van der Waals surface area contributed by atoms with E-state index in [-0.39, 0.29) is 0 Å². The number of carbonyl (C=O) groups is 1. The molecular weight excluding hydrogens is 300 g/mol. The normalized spacial score (nSPS) is 22.0. The lowest BCUT2D eigenvalue weighted by molar-refractivity contribution is 0.100. The zero-order chi connectivity index (χ0) is 15.9. The minimum atomic E-state index is -0.477. The van der Waals surface area contributed by atoms with E-state index in [1.54, 1.807) is 0 Å². The van der Waals surface area contributed by atoms with Gasteiger partial charge in [0.1, 0.15) is 0 Å². The fourth-order valence-electron chi connectivity index (χ4n) is 3.22. The molecule has 6 heteroatoms. The molecule has 1 fully saturated rings. The van der Waals surface area contributed by atoms with Crippen LogP contribution in [0.4, 0.5) is 5.69 Å². The Hall–Kier alpha value is -1.85. The summed E-state index contributed by atoms with van der Waals surface area (Å²) in [4.78, 5) is 18.6. The first-order chi connectivity index (χ1) is 10.5. The Labute approximate surface area is 134 Å². The van der Waals surface area contributed by atoms with E-state index < -0.39 is 5.91 Å². The van der Waals surface area contributed by atoms with E-state index in [4.69, 9.17) is 17.3 Å². The zero-order valence-corrected chi connectivity index (χ0v) is 13.4. The molecule has 0 aliphatic carbocycles. The van der Waals surface area contributed by atoms with Gasteiger partial charge in [-0.15, -0.1) is 0 Å². The Morgan fingerprint density at radius 3 is 2.59 bits per heavy atom. The second-order valence-electron chi connectivity index (χ2n) is 5.88. The van der Waals surface area contributed by atoms with Crippen LogP contribution in [0.3, 0.4) is 0 Å². The molecule has 0 radical (unpaired) electrons. The number of nitrogens with zero attached hydrogens (tertiary/aromatic N) is 2. The van der Waals surface area contributed by atoms with Crippen molar-refractivity contribution in [2.24, 2.45) is 5.73 Å². The van der Waals surface area contributed by atoms with Gasteiger partial charge in [0.25, 0.3) is 5.91 Å². The maximum absolute atomic E-state index is 12.1. The van der Waals surface area contributed by atoms with Crippen molar-refractivity contribution < 1.29 is 4.79 Å². The lowest BCUT2D eigenvalue weighted by Crippen LogP contribution is -2.54. The van der Waals surface area contributed by atoms with E-state index in [1.165, 1.54) is 0 Å². The van der Waals surface area contributed by atoms with Crippen LogP contribution in [0.1, 0.15) is 24.2 Å². The van der Waals surface area contributed by atoms with Crippen LogP contribution in [-0.2, 0) is 0 Å². The number of nitrogens with one attached hydrogen (secondary N) is 1. The van der Waals surface area contributed by atoms with Gasteiger partial charge < -0.3 is 16.0 Å². The average molecular weight is 319 g/mol. The monoisotopic (exact) mass is 318 g/mol. The highest BCUT2D eigenvalue weighted by Crippen LogP contribution is 2.34. The summed E-state index contributed by atoms with van der Waals surface area (Å²) in [5, 5.41) is 4.53. The summed E-state index contributed by atoms with van der Waals surface area (Å²) in [7, 11) is 0. The Kier molecular flexibility index (Phi) is 3.93. The van der Waals surface area contributed by atoms with Gasteiger partial charge in [0.2, 0.25) is 0 Å². The van der Waals surface area contributed by atoms with Crippen LogP contribution in [0.15, 0.2) is 24.3 Å². The SMILES string of the molecule is C[C@@H]1CN(c2c(Cl)nc3ccccc3c2C(N)=O)C[C@H](C)N1. The van der Waals surface area contributed by atoms with Crippen molar-refractivity contribution in [2.75, 3.05) is 18.0 Å². The predicted octanol–water partition coefficient (Wildman–Crippen LogP) is 2.17. The van der Waals surface area contributed by atoms with Crippen LogP contribution in [0, 0.1) is 0 Å². The van der Waals surface area contributed by atoms with Gasteiger partial charge in [-0.05, 0) is 19.9 Å². The first-order valence-electron chi connectivity index (χ1n) is 7.36. The number of hydrogen-bond acceptors (Lipinski definition) is 4. The standard InChI is InChI=1S/C16H19ClN4O/c1-9-7-21(8-10(2)19-9)14-13(16(18)22)11-5-3-4-6-12(11)20-15(14)17/h3-6,9-10,19H,7-8H2,1-2H3,(H2,18,22)/t9-,10+. The summed E-state index contributed by atoms with van der Waals surface area (Å²) in [5.74, 6) is -0.477. The molecule has 1 aromatic carbocycles. The van der Waals surface area contributed by atoms with Gasteiger partial charge in [0.05, 0.1) is 16.8 Å². The van der Waals surface area contributed by atoms with Gasteiger partial charge in [0.15, 0.2) is 5.15 Å². The molecule has 2 atom stereocenters. The van der Waals surface area contributed by atoms with Crippen LogP contribution < -0.4 is 16.0 Å². The molecule has 0 bridgehead atoms. The van der Waals surface area contributed by atoms with E-state index in [9.17, 15) is 4.79 Å². The number of pyridine rings is 1. The third kappa shape index (κ3) is 2.62. The molecule has 5 nitrogen and oxygen atoms in total. The summed E-state index contributed by atoms with van der Waals surface area (Å²) in [5.41, 5.74) is 7.44. The molecule has 1 aliphatic heterocycles. The highest BCUT2D eigenvalue weighted by atomic mass is 35.5. The molecule has 1 aromatic heterocycles. The second kappa shape index (κ2) is 5.74. The molecule has 3 rings (SSSR count). The van der Waals surface area contributed by atoms with E-state index in [0.717, 1.165) is 18.5 Å². The number of halogens is 1. The van der Waals surface area contributed by atoms with Crippen molar-refractivity contribution in [3.05, 3.63) is 35.0 Å². The van der Waals surface area contributed by atoms with E-state index in [2.05, 4.69) is 29.0 Å². The van der Waals surface area contributed by atoms with Gasteiger partial charge in [-0.2, -0.15) is 0 Å². The Balaban J connectivity index is 2.22. The van der Waals surface area contributed by atoms with Gasteiger partial charge in [-0.3, -0.25) is 4.79 Å². The minimum absolute atomic E-state index is 0.298. The van der Waals surface area contributed by atoms with Crippen molar-refractivity contribution >= 4 is 34.1 Å². The maximum atomic E-state index is 12.1. The first-order valence-corrected chi connectivity index (χ1v) is 7.74. The second-order valence-corrected chi connectivity index (χ2v) is 6.24. The van der Waals surface area contributed by atoms with Crippen LogP contribution >= 0.6 is 11.6 Å². The summed E-state index contributed by atoms with van der Waals surface area (Å²) < 4.78 is 0. The molecule has 1 saturated heterocycles. The van der Waals surface area contributed by atoms with E-state index in [1.807, 2.05) is 24.3 Å². The van der Waals surface area contributed by atoms with Crippen LogP contribution in [0.5, 0.6) is 0 Å². The number of anilines is 1. The Morgan fingerprint density at radius 2 is 1.95 bits per heavy atom. The predicted molar refractivity (Wildman–Crippen MR) is 89.5 cm³/mol. The fourth-order valence-corrected chi connectivity index (χ4v) is 3.52. The fraction of sp³-hybridized carbons (Fsp3) is 0.375. The molecule has 1 aliphatic rings. The summed E-state index contributed by atoms with van der Waals surface area (Å²) in [6.07, 6.45) is 0. The van der Waals surface area contributed by atoms with Gasteiger partial charge >= 0.3 is 0 Å². The van der Waals surface area contributed by atoms with E-state index >= 15 is 0 Å². The number of para-hydroxylation sites is 1. The molecule has 2 aromatic rings. The minimum Gasteiger partial charge on any atom is -0.366 e. The Bertz CT molecular complexity index is 723. The number of carbonyl (C=O) groups excluding carboxylic acids is 1. The quantitative estimate of drug-likeness (QED) is 0.833. The molecular formula is C16H19ClN4O. The summed E-state index contributed by atoms with van der Waals surface area (Å²) in [6.45, 7) is 5.72. The average Bonchev–Trinajstić information content (AvgIpc) is 2.44. The lowest BCUT2D eigenvalue weighted by atomic mass is 10.0. The molecule has 2 heterocycles. The number of piperazine rings is 1. The highest BCUT2D eigenvalue weighted by Gasteiger charge is 2.28. The van der Waals surface area contributed by atoms with Crippen molar-refractivity contribution in [2.45, 2.75) is 25.9 Å². The van der Waals surface area contributed by atoms with Crippen LogP contribution in [0.2, 0.25) is 5.15 Å². The van der Waals surface area contributed by atoms with E-state index in [0.29, 0.717) is 34.0 Å². The molecule has 0 saturated carbocycles. The first kappa shape index (κ1) is 15.1. The number of aromatic nitrogens is 1. The lowest BCUT2D eigenvalue weighted by Gasteiger charge is -2.38. The zero-order valence-electron chi connectivity index (χ0n) is 12.6. The molecule has 1 amide bonds. The van der Waals surface area contributed by atoms with Crippen molar-refractivity contribution in [1.82, 2.24) is 10.3 Å². The summed E-state index contributed by atoms with van der Waals surface area (Å²) >= 11 is 6.40. The molecule has 3 N–H and O–H groups in total. The molecule has 116 valence electrons.